The molecular formula is C22H27FIN5. The fourth-order valence-electron chi connectivity index (χ4n) is 3.57. The van der Waals surface area contributed by atoms with Crippen LogP contribution in [0.3, 0.4) is 0 Å². The number of hydrogen-bond donors (Lipinski definition) is 2. The summed E-state index contributed by atoms with van der Waals surface area (Å²) in [4.78, 5) is 9.34. The van der Waals surface area contributed by atoms with Crippen molar-refractivity contribution >= 4 is 35.6 Å². The monoisotopic (exact) mass is 507 g/mol. The second-order valence-electron chi connectivity index (χ2n) is 7.47. The molecule has 7 heteroatoms. The van der Waals surface area contributed by atoms with E-state index in [1.807, 2.05) is 31.3 Å². The number of nitrogens with one attached hydrogen (secondary N) is 2. The zero-order chi connectivity index (χ0) is 19.6. The Bertz CT molecular complexity index is 1010. The molecule has 1 aromatic carbocycles. The predicted octanol–water partition coefficient (Wildman–Crippen LogP) is 4.19. The highest BCUT2D eigenvalue weighted by Gasteiger charge is 2.44. The van der Waals surface area contributed by atoms with Gasteiger partial charge in [-0.15, -0.1) is 24.0 Å². The molecule has 0 atom stereocenters. The van der Waals surface area contributed by atoms with Crippen molar-refractivity contribution in [2.75, 3.05) is 13.1 Å². The summed E-state index contributed by atoms with van der Waals surface area (Å²) in [5, 5.41) is 6.73. The first-order valence-electron chi connectivity index (χ1n) is 9.81. The zero-order valence-corrected chi connectivity index (χ0v) is 19.1. The number of guanidine groups is 1. The zero-order valence-electron chi connectivity index (χ0n) is 16.8. The maximum atomic E-state index is 13.6. The van der Waals surface area contributed by atoms with Gasteiger partial charge in [0.05, 0.1) is 12.2 Å². The van der Waals surface area contributed by atoms with Crippen LogP contribution >= 0.6 is 24.0 Å². The number of aromatic nitrogens is 2. The Morgan fingerprint density at radius 3 is 2.69 bits per heavy atom. The molecule has 1 aliphatic carbocycles. The highest BCUT2D eigenvalue weighted by Crippen LogP contribution is 2.47. The predicted molar refractivity (Wildman–Crippen MR) is 125 cm³/mol. The SMILES string of the molecule is CCNC(=NCc1cn2c(C)cccc2n1)NCC1(c2cccc(F)c2)CC1.I. The number of hydrogen-bond acceptors (Lipinski definition) is 2. The highest BCUT2D eigenvalue weighted by atomic mass is 127. The molecule has 0 aliphatic heterocycles. The van der Waals surface area contributed by atoms with Gasteiger partial charge in [0.25, 0.3) is 0 Å². The Morgan fingerprint density at radius 1 is 1.21 bits per heavy atom. The van der Waals surface area contributed by atoms with E-state index in [1.54, 1.807) is 12.1 Å². The summed E-state index contributed by atoms with van der Waals surface area (Å²) >= 11 is 0. The van der Waals surface area contributed by atoms with Crippen LogP contribution in [0.5, 0.6) is 0 Å². The van der Waals surface area contributed by atoms with Crippen molar-refractivity contribution in [1.82, 2.24) is 20.0 Å². The summed E-state index contributed by atoms with van der Waals surface area (Å²) in [6, 6.07) is 13.0. The van der Waals surface area contributed by atoms with E-state index in [2.05, 4.69) is 33.0 Å². The number of nitrogens with zero attached hydrogens (tertiary/aromatic N) is 3. The van der Waals surface area contributed by atoms with Crippen LogP contribution in [0, 0.1) is 12.7 Å². The minimum atomic E-state index is -0.175. The Kier molecular flexibility index (Phi) is 6.77. The van der Waals surface area contributed by atoms with E-state index in [4.69, 9.17) is 4.99 Å². The van der Waals surface area contributed by atoms with Gasteiger partial charge < -0.3 is 15.0 Å². The lowest BCUT2D eigenvalue weighted by molar-refractivity contribution is 0.607. The van der Waals surface area contributed by atoms with Crippen molar-refractivity contribution in [1.29, 1.82) is 0 Å². The van der Waals surface area contributed by atoms with Crippen molar-refractivity contribution in [3.63, 3.8) is 0 Å². The fraction of sp³-hybridized carbons (Fsp3) is 0.364. The second-order valence-corrected chi connectivity index (χ2v) is 7.47. The van der Waals surface area contributed by atoms with Crippen LogP contribution in [0.2, 0.25) is 0 Å². The molecule has 0 spiro atoms. The summed E-state index contributed by atoms with van der Waals surface area (Å²) in [5.74, 6) is 0.588. The topological polar surface area (TPSA) is 53.7 Å². The van der Waals surface area contributed by atoms with E-state index < -0.39 is 0 Å². The van der Waals surface area contributed by atoms with Crippen molar-refractivity contribution in [2.24, 2.45) is 4.99 Å². The van der Waals surface area contributed by atoms with Gasteiger partial charge in [-0.25, -0.2) is 14.4 Å². The maximum absolute atomic E-state index is 13.6. The van der Waals surface area contributed by atoms with E-state index in [1.165, 1.54) is 6.07 Å². The number of aliphatic imine (C=N–C) groups is 1. The lowest BCUT2D eigenvalue weighted by atomic mass is 9.96. The van der Waals surface area contributed by atoms with Gasteiger partial charge in [0.1, 0.15) is 11.5 Å². The van der Waals surface area contributed by atoms with Crippen molar-refractivity contribution < 1.29 is 4.39 Å². The lowest BCUT2D eigenvalue weighted by Gasteiger charge is -2.19. The van der Waals surface area contributed by atoms with E-state index >= 15 is 0 Å². The second kappa shape index (κ2) is 9.11. The molecule has 0 amide bonds. The van der Waals surface area contributed by atoms with Crippen LogP contribution in [0.15, 0.2) is 53.7 Å². The van der Waals surface area contributed by atoms with Crippen LogP contribution in [0.1, 0.15) is 36.7 Å². The third-order valence-corrected chi connectivity index (χ3v) is 5.37. The van der Waals surface area contributed by atoms with Crippen LogP contribution in [0.25, 0.3) is 5.65 Å². The summed E-state index contributed by atoms with van der Waals surface area (Å²) in [6.45, 7) is 6.14. The smallest absolute Gasteiger partial charge is 0.191 e. The molecule has 3 aromatic rings. The molecule has 0 unspecified atom stereocenters. The van der Waals surface area contributed by atoms with Gasteiger partial charge in [-0.05, 0) is 56.5 Å². The van der Waals surface area contributed by atoms with Gasteiger partial charge in [-0.2, -0.15) is 0 Å². The molecule has 1 aliphatic rings. The first-order valence-corrected chi connectivity index (χ1v) is 9.81. The quantitative estimate of drug-likeness (QED) is 0.299. The number of rotatable bonds is 6. The maximum Gasteiger partial charge on any atom is 0.191 e. The van der Waals surface area contributed by atoms with Gasteiger partial charge in [0, 0.05) is 30.4 Å². The summed E-state index contributed by atoms with van der Waals surface area (Å²) in [6.07, 6.45) is 4.16. The Hall–Kier alpha value is -2.16. The van der Waals surface area contributed by atoms with Crippen molar-refractivity contribution in [2.45, 2.75) is 38.6 Å². The number of imidazole rings is 1. The van der Waals surface area contributed by atoms with Crippen LogP contribution in [-0.2, 0) is 12.0 Å². The van der Waals surface area contributed by atoms with E-state index in [-0.39, 0.29) is 35.2 Å². The average molecular weight is 507 g/mol. The normalized spacial score (nSPS) is 15.1. The Balaban J connectivity index is 0.00000240. The van der Waals surface area contributed by atoms with Gasteiger partial charge in [-0.1, -0.05) is 18.2 Å². The molecule has 0 radical (unpaired) electrons. The largest absolute Gasteiger partial charge is 0.357 e. The lowest BCUT2D eigenvalue weighted by Crippen LogP contribution is -2.41. The third kappa shape index (κ3) is 4.88. The Morgan fingerprint density at radius 2 is 2.00 bits per heavy atom. The molecule has 1 fully saturated rings. The van der Waals surface area contributed by atoms with Gasteiger partial charge in [0.15, 0.2) is 5.96 Å². The number of aryl methyl sites for hydroxylation is 1. The molecule has 4 rings (SSSR count). The molecule has 2 N–H and O–H groups in total. The Labute approximate surface area is 187 Å². The van der Waals surface area contributed by atoms with Gasteiger partial charge in [-0.3, -0.25) is 0 Å². The first kappa shape index (κ1) is 21.5. The van der Waals surface area contributed by atoms with Crippen LogP contribution in [-0.4, -0.2) is 28.4 Å². The molecule has 5 nitrogen and oxygen atoms in total. The van der Waals surface area contributed by atoms with E-state index in [9.17, 15) is 4.39 Å². The first-order chi connectivity index (χ1) is 13.6. The van der Waals surface area contributed by atoms with Crippen molar-refractivity contribution in [3.05, 3.63) is 71.4 Å². The minimum Gasteiger partial charge on any atom is -0.357 e. The van der Waals surface area contributed by atoms with Crippen molar-refractivity contribution in [3.8, 4) is 0 Å². The number of pyridine rings is 1. The summed E-state index contributed by atoms with van der Waals surface area (Å²) < 4.78 is 15.7. The van der Waals surface area contributed by atoms with E-state index in [0.717, 1.165) is 54.5 Å². The molecule has 2 heterocycles. The molecule has 0 bridgehead atoms. The number of halogens is 2. The van der Waals surface area contributed by atoms with Gasteiger partial charge >= 0.3 is 0 Å². The number of fused-ring (bicyclic) bond motifs is 1. The minimum absolute atomic E-state index is 0. The molecular weight excluding hydrogens is 480 g/mol. The summed E-state index contributed by atoms with van der Waals surface area (Å²) in [7, 11) is 0. The van der Waals surface area contributed by atoms with E-state index in [0.29, 0.717) is 6.54 Å². The highest BCUT2D eigenvalue weighted by molar-refractivity contribution is 14.0. The number of benzene rings is 1. The van der Waals surface area contributed by atoms with Crippen LogP contribution < -0.4 is 10.6 Å². The standard InChI is InChI=1S/C22H26FN5.HI/c1-3-24-21(25-13-19-14-28-16(2)6-4-9-20(28)27-19)26-15-22(10-11-22)17-7-5-8-18(23)12-17;/h4-9,12,14H,3,10-11,13,15H2,1-2H3,(H2,24,25,26);1H. The molecule has 29 heavy (non-hydrogen) atoms. The third-order valence-electron chi connectivity index (χ3n) is 5.37. The summed E-state index contributed by atoms with van der Waals surface area (Å²) in [5.41, 5.74) is 4.09. The van der Waals surface area contributed by atoms with Gasteiger partial charge in [0.2, 0.25) is 0 Å². The molecule has 0 saturated heterocycles. The molecule has 1 saturated carbocycles. The van der Waals surface area contributed by atoms with Crippen LogP contribution in [0.4, 0.5) is 4.39 Å². The fourth-order valence-corrected chi connectivity index (χ4v) is 3.57. The molecule has 2 aromatic heterocycles. The molecule has 154 valence electrons. The average Bonchev–Trinajstić information content (AvgIpc) is 3.36.